The predicted molar refractivity (Wildman–Crippen MR) is 114 cm³/mol. The van der Waals surface area contributed by atoms with Crippen molar-refractivity contribution in [2.75, 3.05) is 13.2 Å². The fourth-order valence-corrected chi connectivity index (χ4v) is 3.59. The summed E-state index contributed by atoms with van der Waals surface area (Å²) in [6.07, 6.45) is 6.78. The Morgan fingerprint density at radius 1 is 1.16 bits per heavy atom. The number of alkyl halides is 2. The van der Waals surface area contributed by atoms with E-state index in [1.807, 2.05) is 0 Å². The number of carbonyl (C=O) groups excluding carboxylic acids is 3. The molecule has 0 aliphatic carbocycles. The number of aryl methyl sites for hydroxylation is 1. The lowest BCUT2D eigenvalue weighted by Crippen LogP contribution is -2.33. The molecule has 0 radical (unpaired) electrons. The van der Waals surface area contributed by atoms with E-state index in [0.29, 0.717) is 32.4 Å². The van der Waals surface area contributed by atoms with Crippen molar-refractivity contribution >= 4 is 17.7 Å². The Labute approximate surface area is 182 Å². The molecule has 0 unspecified atom stereocenters. The lowest BCUT2D eigenvalue weighted by Gasteiger charge is -2.22. The van der Waals surface area contributed by atoms with Crippen LogP contribution < -0.4 is 0 Å². The van der Waals surface area contributed by atoms with Gasteiger partial charge in [0.2, 0.25) is 11.7 Å². The maximum atomic E-state index is 14.4. The van der Waals surface area contributed by atoms with Gasteiger partial charge in [-0.25, -0.2) is 0 Å². The molecule has 0 aromatic heterocycles. The zero-order valence-corrected chi connectivity index (χ0v) is 18.2. The molecule has 1 amide bonds. The highest BCUT2D eigenvalue weighted by Gasteiger charge is 2.39. The van der Waals surface area contributed by atoms with Gasteiger partial charge in [0.15, 0.2) is 0 Å². The van der Waals surface area contributed by atoms with Crippen LogP contribution >= 0.6 is 0 Å². The van der Waals surface area contributed by atoms with Gasteiger partial charge >= 0.3 is 11.9 Å². The Morgan fingerprint density at radius 2 is 1.84 bits per heavy atom. The van der Waals surface area contributed by atoms with Gasteiger partial charge in [-0.15, -0.1) is 0 Å². The molecule has 5 nitrogen and oxygen atoms in total. The Morgan fingerprint density at radius 3 is 2.52 bits per heavy atom. The molecule has 170 valence electrons. The van der Waals surface area contributed by atoms with E-state index in [9.17, 15) is 23.2 Å². The van der Waals surface area contributed by atoms with Gasteiger partial charge in [0.05, 0.1) is 12.6 Å². The Balaban J connectivity index is 1.83. The summed E-state index contributed by atoms with van der Waals surface area (Å²) in [5.41, 5.74) is 0.499. The van der Waals surface area contributed by atoms with Gasteiger partial charge in [0, 0.05) is 24.9 Å². The minimum Gasteiger partial charge on any atom is -0.466 e. The molecule has 0 bridgehead atoms. The number of nitrogens with zero attached hydrogens (tertiary/aromatic N) is 1. The van der Waals surface area contributed by atoms with Crippen LogP contribution in [-0.2, 0) is 25.0 Å². The van der Waals surface area contributed by atoms with E-state index >= 15 is 0 Å². The van der Waals surface area contributed by atoms with Gasteiger partial charge in [-0.2, -0.15) is 8.78 Å². The topological polar surface area (TPSA) is 63.7 Å². The van der Waals surface area contributed by atoms with Crippen molar-refractivity contribution in [3.8, 4) is 0 Å². The summed E-state index contributed by atoms with van der Waals surface area (Å²) in [5, 5.41) is 0. The monoisotopic (exact) mass is 435 g/mol. The Bertz CT molecular complexity index is 789. The summed E-state index contributed by atoms with van der Waals surface area (Å²) in [7, 11) is 0. The van der Waals surface area contributed by atoms with Crippen LogP contribution in [-0.4, -0.2) is 41.8 Å². The third-order valence-corrected chi connectivity index (χ3v) is 5.40. The first kappa shape index (κ1) is 24.7. The number of carbonyl (C=O) groups is 3. The number of hydrogen-bond acceptors (Lipinski definition) is 4. The number of amides is 1. The van der Waals surface area contributed by atoms with Gasteiger partial charge in [0.25, 0.3) is 0 Å². The average molecular weight is 436 g/mol. The number of ketones is 1. The smallest absolute Gasteiger partial charge is 0.334 e. The molecule has 7 heteroatoms. The molecule has 0 N–H and O–H groups in total. The summed E-state index contributed by atoms with van der Waals surface area (Å²) in [6.45, 7) is 4.45. The lowest BCUT2D eigenvalue weighted by molar-refractivity contribution is -0.143. The third-order valence-electron chi connectivity index (χ3n) is 5.40. The van der Waals surface area contributed by atoms with Gasteiger partial charge in [-0.3, -0.25) is 14.4 Å². The highest BCUT2D eigenvalue weighted by atomic mass is 19.3. The number of benzene rings is 1. The molecule has 1 aromatic carbocycles. The van der Waals surface area contributed by atoms with Gasteiger partial charge in [-0.1, -0.05) is 48.7 Å². The number of halogens is 2. The quantitative estimate of drug-likeness (QED) is 0.271. The van der Waals surface area contributed by atoms with Crippen LogP contribution in [0.2, 0.25) is 0 Å². The van der Waals surface area contributed by atoms with E-state index in [1.165, 1.54) is 18.2 Å². The highest BCUT2D eigenvalue weighted by molar-refractivity contribution is 5.96. The Kier molecular flexibility index (Phi) is 9.34. The molecule has 0 spiro atoms. The van der Waals surface area contributed by atoms with E-state index < -0.39 is 11.7 Å². The van der Waals surface area contributed by atoms with Crippen molar-refractivity contribution in [1.82, 2.24) is 4.90 Å². The average Bonchev–Trinajstić information content (AvgIpc) is 3.08. The zero-order chi connectivity index (χ0) is 22.9. The molecule has 1 aliphatic rings. The van der Waals surface area contributed by atoms with E-state index in [-0.39, 0.29) is 23.5 Å². The van der Waals surface area contributed by atoms with Gasteiger partial charge in [-0.05, 0) is 39.2 Å². The molecule has 31 heavy (non-hydrogen) atoms. The molecular weight excluding hydrogens is 404 g/mol. The van der Waals surface area contributed by atoms with Crippen LogP contribution in [0, 0.1) is 6.92 Å². The number of hydrogen-bond donors (Lipinski definition) is 0. The molecule has 2 rings (SSSR count). The fourth-order valence-electron chi connectivity index (χ4n) is 3.59. The summed E-state index contributed by atoms with van der Waals surface area (Å²) < 4.78 is 33.8. The van der Waals surface area contributed by atoms with Crippen LogP contribution in [0.1, 0.15) is 63.0 Å². The van der Waals surface area contributed by atoms with Crippen molar-refractivity contribution in [2.24, 2.45) is 0 Å². The largest absolute Gasteiger partial charge is 0.466 e. The number of rotatable bonds is 12. The number of ether oxygens (including phenoxy) is 1. The third kappa shape index (κ3) is 7.26. The van der Waals surface area contributed by atoms with Gasteiger partial charge < -0.3 is 9.64 Å². The molecule has 1 saturated heterocycles. The maximum Gasteiger partial charge on any atom is 0.334 e. The van der Waals surface area contributed by atoms with Crippen LogP contribution in [0.4, 0.5) is 8.78 Å². The summed E-state index contributed by atoms with van der Waals surface area (Å²) >= 11 is 0. The minimum absolute atomic E-state index is 0.0288. The van der Waals surface area contributed by atoms with Crippen LogP contribution in [0.25, 0.3) is 0 Å². The van der Waals surface area contributed by atoms with Crippen LogP contribution in [0.5, 0.6) is 0 Å². The van der Waals surface area contributed by atoms with Crippen LogP contribution in [0.15, 0.2) is 36.4 Å². The van der Waals surface area contributed by atoms with E-state index in [1.54, 1.807) is 30.9 Å². The minimum atomic E-state index is -3.60. The summed E-state index contributed by atoms with van der Waals surface area (Å²) in [5.74, 6) is -5.11. The molecule has 0 saturated carbocycles. The highest BCUT2D eigenvalue weighted by Crippen LogP contribution is 2.30. The summed E-state index contributed by atoms with van der Waals surface area (Å²) in [6, 6.07) is 5.27. The van der Waals surface area contributed by atoms with E-state index in [2.05, 4.69) is 0 Å². The number of likely N-dealkylation sites (tertiary alicyclic amines) is 1. The normalized spacial score (nSPS) is 16.8. The standard InChI is InChI=1S/C24H31F2NO4/c1-3-31-23(30)8-6-4-5-7-17-27-20(14-16-22(27)29)13-15-21(28)24(25,26)19-11-9-18(2)10-12-19/h9-13,15,20H,3-8,14,16-17H2,1-2H3/b15-13+/t20-/m0/s1. The van der Waals surface area contributed by atoms with Crippen molar-refractivity contribution in [2.45, 2.75) is 70.8 Å². The predicted octanol–water partition coefficient (Wildman–Crippen LogP) is 4.72. The van der Waals surface area contributed by atoms with Gasteiger partial charge in [0.1, 0.15) is 0 Å². The molecular formula is C24H31F2NO4. The second-order valence-electron chi connectivity index (χ2n) is 7.83. The van der Waals surface area contributed by atoms with E-state index in [4.69, 9.17) is 4.74 Å². The van der Waals surface area contributed by atoms with Crippen molar-refractivity contribution in [3.63, 3.8) is 0 Å². The number of unbranched alkanes of at least 4 members (excludes halogenated alkanes) is 3. The fraction of sp³-hybridized carbons (Fsp3) is 0.542. The first-order valence-electron chi connectivity index (χ1n) is 10.9. The number of allylic oxidation sites excluding steroid dienone is 1. The van der Waals surface area contributed by atoms with E-state index in [0.717, 1.165) is 37.3 Å². The second-order valence-corrected chi connectivity index (χ2v) is 7.83. The SMILES string of the molecule is CCOC(=O)CCCCCCN1C(=O)CC[C@@H]1/C=C/C(=O)C(F)(F)c1ccc(C)cc1. The Hall–Kier alpha value is -2.57. The molecule has 1 fully saturated rings. The molecule has 1 heterocycles. The summed E-state index contributed by atoms with van der Waals surface area (Å²) in [4.78, 5) is 37.3. The molecule has 1 atom stereocenters. The van der Waals surface area contributed by atoms with Crippen molar-refractivity contribution < 1.29 is 27.9 Å². The zero-order valence-electron chi connectivity index (χ0n) is 18.2. The second kappa shape index (κ2) is 11.7. The van der Waals surface area contributed by atoms with Crippen LogP contribution in [0.3, 0.4) is 0 Å². The van der Waals surface area contributed by atoms with Crippen molar-refractivity contribution in [3.05, 3.63) is 47.5 Å². The molecule has 1 aliphatic heterocycles. The first-order valence-corrected chi connectivity index (χ1v) is 10.9. The maximum absolute atomic E-state index is 14.4. The van der Waals surface area contributed by atoms with Crippen molar-refractivity contribution in [1.29, 1.82) is 0 Å². The number of esters is 1. The first-order chi connectivity index (χ1) is 14.8. The lowest BCUT2D eigenvalue weighted by atomic mass is 10.0. The molecule has 1 aromatic rings.